The molecule has 2 aliphatic rings. The summed E-state index contributed by atoms with van der Waals surface area (Å²) < 4.78 is 5.73. The normalized spacial score (nSPS) is 31.5. The quantitative estimate of drug-likeness (QED) is 0.909. The average Bonchev–Trinajstić information content (AvgIpc) is 3.05. The largest absolute Gasteiger partial charge is 0.376 e. The number of methoxy groups -OCH3 is 1. The molecule has 4 nitrogen and oxygen atoms in total. The smallest absolute Gasteiger partial charge is 0.244 e. The number of thiophene rings is 1. The van der Waals surface area contributed by atoms with Gasteiger partial charge in [-0.05, 0) is 44.1 Å². The first-order valence-corrected chi connectivity index (χ1v) is 8.59. The molecule has 5 heteroatoms. The molecule has 3 rings (SSSR count). The van der Waals surface area contributed by atoms with Crippen LogP contribution in [0.25, 0.3) is 0 Å². The van der Waals surface area contributed by atoms with Crippen LogP contribution in [0, 0.1) is 0 Å². The van der Waals surface area contributed by atoms with Gasteiger partial charge in [-0.2, -0.15) is 0 Å². The van der Waals surface area contributed by atoms with Gasteiger partial charge in [0, 0.05) is 12.0 Å². The van der Waals surface area contributed by atoms with Gasteiger partial charge in [0.15, 0.2) is 0 Å². The lowest BCUT2D eigenvalue weighted by atomic mass is 9.79. The van der Waals surface area contributed by atoms with Gasteiger partial charge in [0.1, 0.15) is 6.17 Å². The summed E-state index contributed by atoms with van der Waals surface area (Å²) in [6.07, 6.45) is 4.07. The van der Waals surface area contributed by atoms with Crippen LogP contribution in [0.4, 0.5) is 0 Å². The van der Waals surface area contributed by atoms with Gasteiger partial charge in [0.2, 0.25) is 5.91 Å². The van der Waals surface area contributed by atoms with Crippen molar-refractivity contribution in [3.63, 3.8) is 0 Å². The molecule has 2 heterocycles. The predicted octanol–water partition coefficient (Wildman–Crippen LogP) is 2.92. The molecule has 1 saturated carbocycles. The number of hydrogen-bond donors (Lipinski definition) is 1. The van der Waals surface area contributed by atoms with Crippen molar-refractivity contribution < 1.29 is 9.53 Å². The molecule has 0 radical (unpaired) electrons. The number of nitrogens with zero attached hydrogens (tertiary/aromatic N) is 1. The van der Waals surface area contributed by atoms with Gasteiger partial charge >= 0.3 is 0 Å². The zero-order valence-corrected chi connectivity index (χ0v) is 13.8. The summed E-state index contributed by atoms with van der Waals surface area (Å²) in [5.74, 6) is 0.201. The maximum absolute atomic E-state index is 12.9. The SMILES string of the molecule is CCC1(C)NC(c2cccs2)N(CC2(OC)CCC2)C1=O. The van der Waals surface area contributed by atoms with Crippen molar-refractivity contribution in [3.8, 4) is 0 Å². The Balaban J connectivity index is 1.88. The fourth-order valence-electron chi connectivity index (χ4n) is 3.27. The Bertz CT molecular complexity index is 507. The molecule has 21 heavy (non-hydrogen) atoms. The molecule has 116 valence electrons. The van der Waals surface area contributed by atoms with Crippen LogP contribution in [0.5, 0.6) is 0 Å². The van der Waals surface area contributed by atoms with Gasteiger partial charge in [0.05, 0.1) is 17.7 Å². The first-order chi connectivity index (χ1) is 10.0. The summed E-state index contributed by atoms with van der Waals surface area (Å²) in [5.41, 5.74) is -0.598. The molecular formula is C16H24N2O2S. The third kappa shape index (κ3) is 2.41. The van der Waals surface area contributed by atoms with Crippen LogP contribution in [-0.2, 0) is 9.53 Å². The molecule has 1 aliphatic carbocycles. The van der Waals surface area contributed by atoms with Crippen molar-refractivity contribution in [2.24, 2.45) is 0 Å². The van der Waals surface area contributed by atoms with Gasteiger partial charge in [-0.1, -0.05) is 13.0 Å². The Hall–Kier alpha value is -0.910. The molecule has 1 N–H and O–H groups in total. The fourth-order valence-corrected chi connectivity index (χ4v) is 4.06. The molecule has 2 fully saturated rings. The van der Waals surface area contributed by atoms with Crippen molar-refractivity contribution >= 4 is 17.2 Å². The minimum Gasteiger partial charge on any atom is -0.376 e. The van der Waals surface area contributed by atoms with Crippen LogP contribution in [-0.4, -0.2) is 35.6 Å². The van der Waals surface area contributed by atoms with Gasteiger partial charge in [-0.3, -0.25) is 10.1 Å². The van der Waals surface area contributed by atoms with Crippen LogP contribution >= 0.6 is 11.3 Å². The van der Waals surface area contributed by atoms with Gasteiger partial charge in [-0.15, -0.1) is 11.3 Å². The molecule has 0 bridgehead atoms. The Morgan fingerprint density at radius 1 is 1.52 bits per heavy atom. The molecular weight excluding hydrogens is 284 g/mol. The van der Waals surface area contributed by atoms with Gasteiger partial charge in [0.25, 0.3) is 0 Å². The highest BCUT2D eigenvalue weighted by atomic mass is 32.1. The minimum absolute atomic E-state index is 0.0184. The Morgan fingerprint density at radius 3 is 2.76 bits per heavy atom. The number of carbonyl (C=O) groups is 1. The van der Waals surface area contributed by atoms with Gasteiger partial charge < -0.3 is 9.64 Å². The first-order valence-electron chi connectivity index (χ1n) is 7.71. The minimum atomic E-state index is -0.465. The average molecular weight is 308 g/mol. The number of hydrogen-bond acceptors (Lipinski definition) is 4. The van der Waals surface area contributed by atoms with Crippen molar-refractivity contribution in [3.05, 3.63) is 22.4 Å². The molecule has 1 aliphatic heterocycles. The molecule has 1 aromatic rings. The number of nitrogens with one attached hydrogen (secondary N) is 1. The highest BCUT2D eigenvalue weighted by Gasteiger charge is 2.51. The third-order valence-corrected chi connectivity index (χ3v) is 6.10. The fraction of sp³-hybridized carbons (Fsp3) is 0.688. The highest BCUT2D eigenvalue weighted by Crippen LogP contribution is 2.41. The van der Waals surface area contributed by atoms with Crippen LogP contribution < -0.4 is 5.32 Å². The molecule has 0 spiro atoms. The monoisotopic (exact) mass is 308 g/mol. The second-order valence-electron chi connectivity index (χ2n) is 6.42. The lowest BCUT2D eigenvalue weighted by molar-refractivity contribution is -0.142. The number of carbonyl (C=O) groups excluding carboxylic acids is 1. The molecule has 1 aromatic heterocycles. The molecule has 0 aromatic carbocycles. The topological polar surface area (TPSA) is 41.6 Å². The Labute approximate surface area is 130 Å². The van der Waals surface area contributed by atoms with E-state index in [4.69, 9.17) is 4.74 Å². The lowest BCUT2D eigenvalue weighted by Gasteiger charge is -2.44. The lowest BCUT2D eigenvalue weighted by Crippen LogP contribution is -2.51. The van der Waals surface area contributed by atoms with E-state index in [-0.39, 0.29) is 17.7 Å². The van der Waals surface area contributed by atoms with E-state index in [1.54, 1.807) is 18.4 Å². The summed E-state index contributed by atoms with van der Waals surface area (Å²) in [7, 11) is 1.77. The zero-order valence-electron chi connectivity index (χ0n) is 13.0. The molecule has 2 atom stereocenters. The van der Waals surface area contributed by atoms with E-state index in [1.165, 1.54) is 11.3 Å². The Morgan fingerprint density at radius 2 is 2.29 bits per heavy atom. The second kappa shape index (κ2) is 5.38. The molecule has 1 amide bonds. The van der Waals surface area contributed by atoms with Crippen LogP contribution in [0.3, 0.4) is 0 Å². The summed E-state index contributed by atoms with van der Waals surface area (Å²) >= 11 is 1.70. The summed E-state index contributed by atoms with van der Waals surface area (Å²) in [4.78, 5) is 16.1. The van der Waals surface area contributed by atoms with Crippen LogP contribution in [0.2, 0.25) is 0 Å². The van der Waals surface area contributed by atoms with E-state index in [0.717, 1.165) is 19.3 Å². The van der Waals surface area contributed by atoms with E-state index in [2.05, 4.69) is 23.7 Å². The van der Waals surface area contributed by atoms with Crippen molar-refractivity contribution in [2.75, 3.05) is 13.7 Å². The zero-order chi connectivity index (χ0) is 15.1. The number of ether oxygens (including phenoxy) is 1. The maximum Gasteiger partial charge on any atom is 0.244 e. The number of rotatable bonds is 5. The molecule has 2 unspecified atom stereocenters. The maximum atomic E-state index is 12.9. The van der Waals surface area contributed by atoms with Crippen LogP contribution in [0.15, 0.2) is 17.5 Å². The van der Waals surface area contributed by atoms with E-state index >= 15 is 0 Å². The van der Waals surface area contributed by atoms with Crippen molar-refractivity contribution in [1.29, 1.82) is 0 Å². The van der Waals surface area contributed by atoms with E-state index < -0.39 is 5.54 Å². The first kappa shape index (κ1) is 15.0. The summed E-state index contributed by atoms with van der Waals surface area (Å²) in [6.45, 7) is 4.76. The van der Waals surface area contributed by atoms with Crippen molar-refractivity contribution in [2.45, 2.75) is 56.8 Å². The third-order valence-electron chi connectivity index (χ3n) is 5.18. The van der Waals surface area contributed by atoms with E-state index in [1.807, 2.05) is 17.9 Å². The van der Waals surface area contributed by atoms with Gasteiger partial charge in [-0.25, -0.2) is 0 Å². The van der Waals surface area contributed by atoms with Crippen molar-refractivity contribution in [1.82, 2.24) is 10.2 Å². The Kier molecular flexibility index (Phi) is 3.84. The summed E-state index contributed by atoms with van der Waals surface area (Å²) in [5, 5.41) is 5.61. The van der Waals surface area contributed by atoms with E-state index in [0.29, 0.717) is 6.54 Å². The number of amides is 1. The van der Waals surface area contributed by atoms with Crippen LogP contribution in [0.1, 0.15) is 50.6 Å². The standard InChI is InChI=1S/C16H24N2O2S/c1-4-15(2)14(19)18(11-16(20-3)8-6-9-16)13(17-15)12-7-5-10-21-12/h5,7,10,13,17H,4,6,8-9,11H2,1-3H3. The predicted molar refractivity (Wildman–Crippen MR) is 84.2 cm³/mol. The summed E-state index contributed by atoms with van der Waals surface area (Å²) in [6, 6.07) is 4.14. The highest BCUT2D eigenvalue weighted by molar-refractivity contribution is 7.10. The molecule has 1 saturated heterocycles. The second-order valence-corrected chi connectivity index (χ2v) is 7.40. The van der Waals surface area contributed by atoms with E-state index in [9.17, 15) is 4.79 Å².